The van der Waals surface area contributed by atoms with E-state index in [9.17, 15) is 0 Å². The van der Waals surface area contributed by atoms with Crippen molar-refractivity contribution in [3.05, 3.63) is 15.5 Å². The van der Waals surface area contributed by atoms with E-state index in [0.717, 1.165) is 5.95 Å². The molecule has 4 nitrogen and oxygen atoms in total. The van der Waals surface area contributed by atoms with Crippen molar-refractivity contribution < 1.29 is 0 Å². The number of halogens is 2. The molecule has 1 atom stereocenters. The normalized spacial score (nSPS) is 19.8. The van der Waals surface area contributed by atoms with Crippen LogP contribution in [0.5, 0.6) is 0 Å². The first-order valence-electron chi connectivity index (χ1n) is 6.96. The molecule has 0 N–H and O–H groups in total. The standard InChI is InChI=1S/C14H23IN4.ClH/c1-10(2)19-8-6-5-7-12(19)13-11(15)9-16-14(17-13)18(3)4;/h9-10,12H,5-8H2,1-4H3;1H. The van der Waals surface area contributed by atoms with Crippen molar-refractivity contribution in [3.8, 4) is 0 Å². The van der Waals surface area contributed by atoms with Gasteiger partial charge in [-0.1, -0.05) is 6.42 Å². The first kappa shape index (κ1) is 17.9. The van der Waals surface area contributed by atoms with Gasteiger partial charge in [0.05, 0.1) is 15.3 Å². The van der Waals surface area contributed by atoms with Gasteiger partial charge in [0.2, 0.25) is 5.95 Å². The second kappa shape index (κ2) is 7.75. The van der Waals surface area contributed by atoms with Crippen molar-refractivity contribution in [3.63, 3.8) is 0 Å². The van der Waals surface area contributed by atoms with Crippen LogP contribution in [0.25, 0.3) is 0 Å². The average molecular weight is 411 g/mol. The molecule has 114 valence electrons. The zero-order valence-electron chi connectivity index (χ0n) is 12.6. The summed E-state index contributed by atoms with van der Waals surface area (Å²) in [6, 6.07) is 1.02. The lowest BCUT2D eigenvalue weighted by molar-refractivity contribution is 0.108. The van der Waals surface area contributed by atoms with Gasteiger partial charge in [-0.25, -0.2) is 9.97 Å². The number of aromatic nitrogens is 2. The number of rotatable bonds is 3. The van der Waals surface area contributed by atoms with Gasteiger partial charge in [-0.2, -0.15) is 0 Å². The smallest absolute Gasteiger partial charge is 0.225 e. The fourth-order valence-corrected chi connectivity index (χ4v) is 3.30. The summed E-state index contributed by atoms with van der Waals surface area (Å²) in [5.74, 6) is 0.810. The summed E-state index contributed by atoms with van der Waals surface area (Å²) < 4.78 is 1.18. The molecule has 1 aromatic heterocycles. The maximum atomic E-state index is 4.79. The Morgan fingerprint density at radius 1 is 1.35 bits per heavy atom. The fourth-order valence-electron chi connectivity index (χ4n) is 2.69. The van der Waals surface area contributed by atoms with E-state index in [2.05, 4.69) is 46.3 Å². The van der Waals surface area contributed by atoms with Gasteiger partial charge in [-0.05, 0) is 55.8 Å². The van der Waals surface area contributed by atoms with Crippen LogP contribution in [0.3, 0.4) is 0 Å². The van der Waals surface area contributed by atoms with Gasteiger partial charge in [-0.3, -0.25) is 4.90 Å². The molecular formula is C14H24ClIN4. The number of anilines is 1. The summed E-state index contributed by atoms with van der Waals surface area (Å²) in [6.45, 7) is 5.73. The first-order valence-corrected chi connectivity index (χ1v) is 8.04. The van der Waals surface area contributed by atoms with Gasteiger partial charge >= 0.3 is 0 Å². The predicted octanol–water partition coefficient (Wildman–Crippen LogP) is 3.50. The fraction of sp³-hybridized carbons (Fsp3) is 0.714. The molecule has 1 aliphatic rings. The summed E-state index contributed by atoms with van der Waals surface area (Å²) in [7, 11) is 3.99. The Bertz CT molecular complexity index is 439. The van der Waals surface area contributed by atoms with Crippen LogP contribution in [0.15, 0.2) is 6.20 Å². The second-order valence-corrected chi connectivity index (χ2v) is 6.80. The zero-order chi connectivity index (χ0) is 14.0. The van der Waals surface area contributed by atoms with Crippen LogP contribution in [-0.2, 0) is 0 Å². The summed E-state index contributed by atoms with van der Waals surface area (Å²) in [6.07, 6.45) is 5.76. The van der Waals surface area contributed by atoms with E-state index < -0.39 is 0 Å². The topological polar surface area (TPSA) is 32.3 Å². The van der Waals surface area contributed by atoms with Crippen molar-refractivity contribution in [1.29, 1.82) is 0 Å². The van der Waals surface area contributed by atoms with Crippen LogP contribution in [0.1, 0.15) is 44.8 Å². The Morgan fingerprint density at radius 3 is 2.65 bits per heavy atom. The molecule has 0 saturated carbocycles. The Balaban J connectivity index is 0.00000200. The van der Waals surface area contributed by atoms with E-state index in [4.69, 9.17) is 4.98 Å². The summed E-state index contributed by atoms with van der Waals surface area (Å²) in [4.78, 5) is 13.7. The molecule has 1 aromatic rings. The highest BCUT2D eigenvalue weighted by Crippen LogP contribution is 2.33. The Labute approximate surface area is 141 Å². The molecule has 1 unspecified atom stereocenters. The van der Waals surface area contributed by atoms with E-state index in [1.165, 1.54) is 35.1 Å². The minimum atomic E-state index is 0. The molecule has 1 fully saturated rings. The summed E-state index contributed by atoms with van der Waals surface area (Å²) in [5.41, 5.74) is 1.20. The van der Waals surface area contributed by atoms with Crippen LogP contribution in [0, 0.1) is 3.57 Å². The average Bonchev–Trinajstić information content (AvgIpc) is 2.39. The lowest BCUT2D eigenvalue weighted by atomic mass is 9.97. The molecule has 0 aromatic carbocycles. The van der Waals surface area contributed by atoms with Gasteiger partial charge in [0.15, 0.2) is 0 Å². The SMILES string of the molecule is CC(C)N1CCCCC1c1nc(N(C)C)ncc1I.Cl. The van der Waals surface area contributed by atoms with E-state index >= 15 is 0 Å². The first-order chi connectivity index (χ1) is 9.00. The van der Waals surface area contributed by atoms with Crippen molar-refractivity contribution in [1.82, 2.24) is 14.9 Å². The Hall–Kier alpha value is -0.140. The molecule has 0 bridgehead atoms. The number of likely N-dealkylation sites (tertiary alicyclic amines) is 1. The summed E-state index contributed by atoms with van der Waals surface area (Å²) in [5, 5.41) is 0. The van der Waals surface area contributed by atoms with Crippen LogP contribution >= 0.6 is 35.0 Å². The molecule has 0 amide bonds. The molecule has 1 saturated heterocycles. The van der Waals surface area contributed by atoms with Crippen molar-refractivity contribution >= 4 is 40.9 Å². The maximum absolute atomic E-state index is 4.79. The Kier molecular flexibility index (Phi) is 6.94. The third-order valence-electron chi connectivity index (χ3n) is 3.68. The Morgan fingerprint density at radius 2 is 2.05 bits per heavy atom. The molecular weight excluding hydrogens is 387 g/mol. The highest BCUT2D eigenvalue weighted by Gasteiger charge is 2.28. The maximum Gasteiger partial charge on any atom is 0.225 e. The van der Waals surface area contributed by atoms with Gasteiger partial charge in [-0.15, -0.1) is 12.4 Å². The number of hydrogen-bond donors (Lipinski definition) is 0. The second-order valence-electron chi connectivity index (χ2n) is 5.64. The zero-order valence-corrected chi connectivity index (χ0v) is 15.6. The van der Waals surface area contributed by atoms with Gasteiger partial charge in [0, 0.05) is 26.3 Å². The highest BCUT2D eigenvalue weighted by atomic mass is 127. The molecule has 2 heterocycles. The highest BCUT2D eigenvalue weighted by molar-refractivity contribution is 14.1. The minimum Gasteiger partial charge on any atom is -0.347 e. The minimum absolute atomic E-state index is 0. The van der Waals surface area contributed by atoms with Gasteiger partial charge in [0.1, 0.15) is 0 Å². The van der Waals surface area contributed by atoms with Crippen molar-refractivity contribution in [2.45, 2.75) is 45.2 Å². The molecule has 20 heavy (non-hydrogen) atoms. The van der Waals surface area contributed by atoms with Crippen LogP contribution in [0.2, 0.25) is 0 Å². The van der Waals surface area contributed by atoms with Crippen LogP contribution in [-0.4, -0.2) is 41.5 Å². The largest absolute Gasteiger partial charge is 0.347 e. The third-order valence-corrected chi connectivity index (χ3v) is 4.51. The molecule has 0 spiro atoms. The molecule has 0 aliphatic carbocycles. The van der Waals surface area contributed by atoms with Crippen molar-refractivity contribution in [2.24, 2.45) is 0 Å². The summed E-state index contributed by atoms with van der Waals surface area (Å²) >= 11 is 2.37. The molecule has 6 heteroatoms. The third kappa shape index (κ3) is 3.95. The van der Waals surface area contributed by atoms with Crippen LogP contribution < -0.4 is 4.90 Å². The molecule has 0 radical (unpaired) electrons. The van der Waals surface area contributed by atoms with E-state index in [-0.39, 0.29) is 12.4 Å². The van der Waals surface area contributed by atoms with Gasteiger partial charge in [0.25, 0.3) is 0 Å². The van der Waals surface area contributed by atoms with Crippen LogP contribution in [0.4, 0.5) is 5.95 Å². The van der Waals surface area contributed by atoms with Gasteiger partial charge < -0.3 is 4.90 Å². The number of piperidine rings is 1. The molecule has 1 aliphatic heterocycles. The van der Waals surface area contributed by atoms with Crippen molar-refractivity contribution in [2.75, 3.05) is 25.5 Å². The van der Waals surface area contributed by atoms with E-state index in [1.807, 2.05) is 25.2 Å². The van der Waals surface area contributed by atoms with E-state index in [1.54, 1.807) is 0 Å². The monoisotopic (exact) mass is 410 g/mol. The lowest BCUT2D eigenvalue weighted by Crippen LogP contribution is -2.39. The van der Waals surface area contributed by atoms with E-state index in [0.29, 0.717) is 12.1 Å². The predicted molar refractivity (Wildman–Crippen MR) is 94.8 cm³/mol. The number of nitrogens with zero attached hydrogens (tertiary/aromatic N) is 4. The lowest BCUT2D eigenvalue weighted by Gasteiger charge is -2.38. The quantitative estimate of drug-likeness (QED) is 0.714. The number of hydrogen-bond acceptors (Lipinski definition) is 4. The molecule has 2 rings (SSSR count).